The van der Waals surface area contributed by atoms with E-state index in [0.29, 0.717) is 25.2 Å². The Morgan fingerprint density at radius 3 is 2.92 bits per heavy atom. The molecular weight excluding hydrogens is 382 g/mol. The van der Waals surface area contributed by atoms with E-state index in [4.69, 9.17) is 4.74 Å². The van der Waals surface area contributed by atoms with Gasteiger partial charge in [-0.25, -0.2) is 4.79 Å². The quantitative estimate of drug-likeness (QED) is 0.423. The van der Waals surface area contributed by atoms with E-state index in [0.717, 1.165) is 4.47 Å². The van der Waals surface area contributed by atoms with Crippen molar-refractivity contribution in [2.45, 2.75) is 13.0 Å². The van der Waals surface area contributed by atoms with Gasteiger partial charge in [-0.15, -0.1) is 0 Å². The zero-order valence-electron chi connectivity index (χ0n) is 12.9. The number of benzene rings is 1. The van der Waals surface area contributed by atoms with Gasteiger partial charge in [0.1, 0.15) is 5.75 Å². The number of urea groups is 1. The molecule has 0 bridgehead atoms. The first-order chi connectivity index (χ1) is 11.5. The summed E-state index contributed by atoms with van der Waals surface area (Å²) >= 11 is 3.31. The van der Waals surface area contributed by atoms with E-state index in [1.165, 1.54) is 25.3 Å². The molecule has 0 aliphatic carbocycles. The molecule has 2 N–H and O–H groups in total. The van der Waals surface area contributed by atoms with Crippen molar-refractivity contribution in [2.24, 2.45) is 0 Å². The minimum absolute atomic E-state index is 0.108. The van der Waals surface area contributed by atoms with Gasteiger partial charge in [-0.2, -0.15) is 5.10 Å². The molecule has 0 saturated heterocycles. The van der Waals surface area contributed by atoms with E-state index in [9.17, 15) is 14.9 Å². The molecule has 2 amide bonds. The maximum atomic E-state index is 11.9. The van der Waals surface area contributed by atoms with Gasteiger partial charge in [-0.1, -0.05) is 0 Å². The third kappa shape index (κ3) is 4.95. The highest BCUT2D eigenvalue weighted by atomic mass is 79.9. The molecule has 24 heavy (non-hydrogen) atoms. The molecule has 1 aromatic heterocycles. The number of hydrogen-bond donors (Lipinski definition) is 2. The van der Waals surface area contributed by atoms with Crippen molar-refractivity contribution in [1.82, 2.24) is 15.1 Å². The van der Waals surface area contributed by atoms with Gasteiger partial charge in [0.2, 0.25) is 0 Å². The zero-order valence-corrected chi connectivity index (χ0v) is 14.4. The highest BCUT2D eigenvalue weighted by molar-refractivity contribution is 9.10. The van der Waals surface area contributed by atoms with Crippen molar-refractivity contribution in [3.63, 3.8) is 0 Å². The Hall–Kier alpha value is -2.62. The van der Waals surface area contributed by atoms with Gasteiger partial charge in [0.25, 0.3) is 5.69 Å². The maximum absolute atomic E-state index is 11.9. The number of nitrogens with one attached hydrogen (secondary N) is 2. The predicted molar refractivity (Wildman–Crippen MR) is 91.2 cm³/mol. The largest absolute Gasteiger partial charge is 0.494 e. The smallest absolute Gasteiger partial charge is 0.319 e. The molecule has 0 aliphatic heterocycles. The molecule has 0 unspecified atom stereocenters. The molecule has 0 spiro atoms. The van der Waals surface area contributed by atoms with Crippen LogP contribution in [0.5, 0.6) is 5.75 Å². The van der Waals surface area contributed by atoms with Crippen LogP contribution in [-0.2, 0) is 6.54 Å². The number of carbonyl (C=O) groups is 1. The van der Waals surface area contributed by atoms with Crippen LogP contribution in [0.4, 0.5) is 16.2 Å². The predicted octanol–water partition coefficient (Wildman–Crippen LogP) is 2.77. The Kier molecular flexibility index (Phi) is 6.13. The fourth-order valence-electron chi connectivity index (χ4n) is 1.97. The Morgan fingerprint density at radius 2 is 2.29 bits per heavy atom. The molecule has 10 heteroatoms. The third-order valence-corrected chi connectivity index (χ3v) is 3.50. The highest BCUT2D eigenvalue weighted by Gasteiger charge is 2.13. The van der Waals surface area contributed by atoms with Crippen molar-refractivity contribution >= 4 is 33.3 Å². The Balaban J connectivity index is 1.82. The number of ether oxygens (including phenoxy) is 1. The van der Waals surface area contributed by atoms with Crippen LogP contribution >= 0.6 is 15.9 Å². The van der Waals surface area contributed by atoms with Crippen LogP contribution in [0.1, 0.15) is 6.42 Å². The lowest BCUT2D eigenvalue weighted by molar-refractivity contribution is -0.384. The standard InChI is InChI=1S/C14H16BrN5O4/c1-24-13-7-11(20(22)23)3-4-12(13)18-14(21)16-5-2-6-19-9-10(15)8-17-19/h3-4,7-9H,2,5-6H2,1H3,(H2,16,18,21). The number of nitro benzene ring substituents is 1. The second-order valence-corrected chi connectivity index (χ2v) is 5.71. The van der Waals surface area contributed by atoms with Gasteiger partial charge in [-0.05, 0) is 28.4 Å². The number of rotatable bonds is 7. The molecule has 2 aromatic rings. The summed E-state index contributed by atoms with van der Waals surface area (Å²) in [6, 6.07) is 3.57. The monoisotopic (exact) mass is 397 g/mol. The van der Waals surface area contributed by atoms with Gasteiger partial charge < -0.3 is 15.4 Å². The SMILES string of the molecule is COc1cc([N+](=O)[O-])ccc1NC(=O)NCCCn1cc(Br)cn1. The van der Waals surface area contributed by atoms with Gasteiger partial charge in [0, 0.05) is 25.4 Å². The number of aryl methyl sites for hydroxylation is 1. The van der Waals surface area contributed by atoms with E-state index in [1.54, 1.807) is 10.9 Å². The van der Waals surface area contributed by atoms with Crippen molar-refractivity contribution in [3.8, 4) is 5.75 Å². The average molecular weight is 398 g/mol. The lowest BCUT2D eigenvalue weighted by Crippen LogP contribution is -2.30. The van der Waals surface area contributed by atoms with E-state index in [-0.39, 0.29) is 11.4 Å². The normalized spacial score (nSPS) is 10.2. The fourth-order valence-corrected chi connectivity index (χ4v) is 2.29. The summed E-state index contributed by atoms with van der Waals surface area (Å²) in [5.74, 6) is 0.223. The van der Waals surface area contributed by atoms with E-state index in [1.807, 2.05) is 6.20 Å². The highest BCUT2D eigenvalue weighted by Crippen LogP contribution is 2.28. The van der Waals surface area contributed by atoms with Crippen LogP contribution in [0.2, 0.25) is 0 Å². The van der Waals surface area contributed by atoms with E-state index < -0.39 is 11.0 Å². The third-order valence-electron chi connectivity index (χ3n) is 3.10. The second kappa shape index (κ2) is 8.29. The molecule has 0 fully saturated rings. The summed E-state index contributed by atoms with van der Waals surface area (Å²) in [6.07, 6.45) is 4.25. The second-order valence-electron chi connectivity index (χ2n) is 4.80. The van der Waals surface area contributed by atoms with Crippen LogP contribution in [-0.4, -0.2) is 34.4 Å². The minimum atomic E-state index is -0.528. The Bertz CT molecular complexity index is 734. The van der Waals surface area contributed by atoms with Crippen LogP contribution < -0.4 is 15.4 Å². The summed E-state index contributed by atoms with van der Waals surface area (Å²) in [7, 11) is 1.38. The number of aromatic nitrogens is 2. The summed E-state index contributed by atoms with van der Waals surface area (Å²) in [4.78, 5) is 22.1. The number of nitro groups is 1. The van der Waals surface area contributed by atoms with Crippen molar-refractivity contribution in [3.05, 3.63) is 45.2 Å². The Labute approximate surface area is 146 Å². The molecule has 0 saturated carbocycles. The summed E-state index contributed by atoms with van der Waals surface area (Å²) in [5.41, 5.74) is 0.250. The van der Waals surface area contributed by atoms with Crippen molar-refractivity contribution in [1.29, 1.82) is 0 Å². The maximum Gasteiger partial charge on any atom is 0.319 e. The number of carbonyl (C=O) groups excluding carboxylic acids is 1. The van der Waals surface area contributed by atoms with Crippen LogP contribution in [0.3, 0.4) is 0 Å². The first-order valence-corrected chi connectivity index (χ1v) is 7.84. The molecule has 0 aliphatic rings. The topological polar surface area (TPSA) is 111 Å². The van der Waals surface area contributed by atoms with Crippen LogP contribution in [0.15, 0.2) is 35.1 Å². The summed E-state index contributed by atoms with van der Waals surface area (Å²) < 4.78 is 7.73. The van der Waals surface area contributed by atoms with E-state index >= 15 is 0 Å². The number of methoxy groups -OCH3 is 1. The van der Waals surface area contributed by atoms with Gasteiger partial charge >= 0.3 is 6.03 Å². The lowest BCUT2D eigenvalue weighted by Gasteiger charge is -2.11. The average Bonchev–Trinajstić information content (AvgIpc) is 2.97. The molecule has 1 heterocycles. The van der Waals surface area contributed by atoms with E-state index in [2.05, 4.69) is 31.7 Å². The van der Waals surface area contributed by atoms with Crippen LogP contribution in [0.25, 0.3) is 0 Å². The molecule has 0 radical (unpaired) electrons. The van der Waals surface area contributed by atoms with Crippen molar-refractivity contribution < 1.29 is 14.5 Å². The number of hydrogen-bond acceptors (Lipinski definition) is 5. The molecule has 2 rings (SSSR count). The summed E-state index contributed by atoms with van der Waals surface area (Å²) in [5, 5.41) is 20.2. The fraction of sp³-hybridized carbons (Fsp3) is 0.286. The Morgan fingerprint density at radius 1 is 1.50 bits per heavy atom. The molecule has 0 atom stereocenters. The van der Waals surface area contributed by atoms with Gasteiger partial charge in [0.15, 0.2) is 0 Å². The molecule has 9 nitrogen and oxygen atoms in total. The van der Waals surface area contributed by atoms with Gasteiger partial charge in [0.05, 0.1) is 34.5 Å². The molecule has 128 valence electrons. The number of anilines is 1. The van der Waals surface area contributed by atoms with Crippen molar-refractivity contribution in [2.75, 3.05) is 19.0 Å². The minimum Gasteiger partial charge on any atom is -0.494 e. The van der Waals surface area contributed by atoms with Gasteiger partial charge in [-0.3, -0.25) is 14.8 Å². The zero-order chi connectivity index (χ0) is 17.5. The summed E-state index contributed by atoms with van der Waals surface area (Å²) in [6.45, 7) is 1.13. The first-order valence-electron chi connectivity index (χ1n) is 7.05. The molecule has 1 aromatic carbocycles. The number of nitrogens with zero attached hydrogens (tertiary/aromatic N) is 3. The number of non-ortho nitro benzene ring substituents is 1. The first kappa shape index (κ1) is 17.7. The van der Waals surface area contributed by atoms with Crippen LogP contribution in [0, 0.1) is 10.1 Å². The lowest BCUT2D eigenvalue weighted by atomic mass is 10.2. The molecular formula is C14H16BrN5O4. The number of amides is 2. The number of halogens is 1.